The summed E-state index contributed by atoms with van der Waals surface area (Å²) in [5.74, 6) is 0.893. The van der Waals surface area contributed by atoms with E-state index in [-0.39, 0.29) is 11.5 Å². The maximum atomic E-state index is 12.4. The van der Waals surface area contributed by atoms with Crippen molar-refractivity contribution >= 4 is 5.91 Å². The first-order valence-electron chi connectivity index (χ1n) is 8.61. The van der Waals surface area contributed by atoms with Gasteiger partial charge in [0.15, 0.2) is 5.82 Å². The van der Waals surface area contributed by atoms with E-state index in [9.17, 15) is 9.59 Å². The molecule has 3 rings (SSSR count). The molecule has 2 heterocycles. The molecule has 1 aromatic carbocycles. The largest absolute Gasteiger partial charge is 0.492 e. The summed E-state index contributed by atoms with van der Waals surface area (Å²) in [5.41, 5.74) is 0.796. The second kappa shape index (κ2) is 8.31. The molecule has 8 heteroatoms. The second-order valence-electron chi connectivity index (χ2n) is 6.05. The molecular formula is C19H21N5O3. The van der Waals surface area contributed by atoms with Crippen LogP contribution in [0.3, 0.4) is 0 Å². The lowest BCUT2D eigenvalue weighted by Crippen LogP contribution is -2.38. The summed E-state index contributed by atoms with van der Waals surface area (Å²) in [6, 6.07) is 11.6. The molecule has 0 spiro atoms. The minimum atomic E-state index is -0.757. The van der Waals surface area contributed by atoms with Gasteiger partial charge in [-0.15, -0.1) is 5.10 Å². The molecule has 1 amide bonds. The van der Waals surface area contributed by atoms with Crippen molar-refractivity contribution in [2.24, 2.45) is 0 Å². The highest BCUT2D eigenvalue weighted by Gasteiger charge is 2.17. The van der Waals surface area contributed by atoms with Crippen LogP contribution in [0.5, 0.6) is 5.75 Å². The van der Waals surface area contributed by atoms with Gasteiger partial charge in [0.05, 0.1) is 6.54 Å². The average Bonchev–Trinajstić information content (AvgIpc) is 3.21. The Labute approximate surface area is 156 Å². The predicted molar refractivity (Wildman–Crippen MR) is 100 cm³/mol. The topological polar surface area (TPSA) is 91.0 Å². The monoisotopic (exact) mass is 367 g/mol. The number of carbonyl (C=O) groups is 1. The van der Waals surface area contributed by atoms with Crippen LogP contribution in [0.1, 0.15) is 18.5 Å². The van der Waals surface area contributed by atoms with Gasteiger partial charge in [-0.2, -0.15) is 5.10 Å². The van der Waals surface area contributed by atoms with Crippen molar-refractivity contribution in [2.45, 2.75) is 19.9 Å². The Morgan fingerprint density at radius 3 is 2.70 bits per heavy atom. The lowest BCUT2D eigenvalue weighted by Gasteiger charge is -2.15. The highest BCUT2D eigenvalue weighted by molar-refractivity contribution is 5.79. The summed E-state index contributed by atoms with van der Waals surface area (Å²) in [6.07, 6.45) is 3.33. The summed E-state index contributed by atoms with van der Waals surface area (Å²) in [7, 11) is 0. The smallest absolute Gasteiger partial charge is 0.267 e. The van der Waals surface area contributed by atoms with Crippen LogP contribution in [0.2, 0.25) is 0 Å². The van der Waals surface area contributed by atoms with E-state index in [1.165, 1.54) is 10.7 Å². The number of nitrogens with zero attached hydrogens (tertiary/aromatic N) is 4. The van der Waals surface area contributed by atoms with E-state index < -0.39 is 6.04 Å². The number of aromatic nitrogens is 4. The average molecular weight is 367 g/mol. The van der Waals surface area contributed by atoms with Crippen molar-refractivity contribution in [3.8, 4) is 11.6 Å². The summed E-state index contributed by atoms with van der Waals surface area (Å²) >= 11 is 0. The molecule has 140 valence electrons. The summed E-state index contributed by atoms with van der Waals surface area (Å²) < 4.78 is 8.25. The van der Waals surface area contributed by atoms with Crippen LogP contribution >= 0.6 is 0 Å². The van der Waals surface area contributed by atoms with Gasteiger partial charge in [-0.3, -0.25) is 9.59 Å². The van der Waals surface area contributed by atoms with Crippen LogP contribution in [0.4, 0.5) is 0 Å². The van der Waals surface area contributed by atoms with Gasteiger partial charge >= 0.3 is 0 Å². The number of hydrogen-bond donors (Lipinski definition) is 1. The molecule has 0 bridgehead atoms. The summed E-state index contributed by atoms with van der Waals surface area (Å²) in [5, 5.41) is 11.1. The second-order valence-corrected chi connectivity index (χ2v) is 6.05. The van der Waals surface area contributed by atoms with Crippen LogP contribution in [-0.4, -0.2) is 38.6 Å². The Morgan fingerprint density at radius 1 is 1.22 bits per heavy atom. The number of nitrogens with one attached hydrogen (secondary N) is 1. The van der Waals surface area contributed by atoms with Crippen LogP contribution in [0.15, 0.2) is 59.7 Å². The van der Waals surface area contributed by atoms with Crippen molar-refractivity contribution in [3.63, 3.8) is 0 Å². The normalized spacial score (nSPS) is 11.8. The molecule has 0 saturated carbocycles. The van der Waals surface area contributed by atoms with E-state index in [4.69, 9.17) is 4.74 Å². The van der Waals surface area contributed by atoms with Gasteiger partial charge in [-0.25, -0.2) is 9.36 Å². The SMILES string of the molecule is Cc1ccc(OCCNC(=O)C(C)n2nc(-n3cccn3)ccc2=O)cc1. The number of aryl methyl sites for hydroxylation is 1. The van der Waals surface area contributed by atoms with E-state index in [0.717, 1.165) is 16.0 Å². The number of amides is 1. The molecule has 8 nitrogen and oxygen atoms in total. The standard InChI is InChI=1S/C19H21N5O3/c1-14-4-6-16(7-5-14)27-13-11-20-19(26)15(2)24-18(25)9-8-17(22-24)23-12-3-10-21-23/h3-10,12,15H,11,13H2,1-2H3,(H,20,26). The molecule has 0 fully saturated rings. The molecule has 0 radical (unpaired) electrons. The fraction of sp³-hybridized carbons (Fsp3) is 0.263. The Balaban J connectivity index is 1.57. The molecule has 3 aromatic rings. The highest BCUT2D eigenvalue weighted by atomic mass is 16.5. The van der Waals surface area contributed by atoms with Crippen LogP contribution in [-0.2, 0) is 4.79 Å². The molecule has 1 atom stereocenters. The molecule has 2 aromatic heterocycles. The Bertz CT molecular complexity index is 948. The van der Waals surface area contributed by atoms with E-state index in [1.54, 1.807) is 31.5 Å². The van der Waals surface area contributed by atoms with Gasteiger partial charge in [0.25, 0.3) is 5.56 Å². The zero-order chi connectivity index (χ0) is 19.2. The molecule has 27 heavy (non-hydrogen) atoms. The first kappa shape index (κ1) is 18.4. The first-order chi connectivity index (χ1) is 13.0. The maximum absolute atomic E-state index is 12.4. The highest BCUT2D eigenvalue weighted by Crippen LogP contribution is 2.11. The van der Waals surface area contributed by atoms with Gasteiger partial charge in [0.1, 0.15) is 18.4 Å². The predicted octanol–water partition coefficient (Wildman–Crippen LogP) is 1.49. The molecule has 0 aliphatic heterocycles. The minimum Gasteiger partial charge on any atom is -0.492 e. The number of hydrogen-bond acceptors (Lipinski definition) is 5. The number of benzene rings is 1. The van der Waals surface area contributed by atoms with Gasteiger partial charge in [0, 0.05) is 18.5 Å². The lowest BCUT2D eigenvalue weighted by molar-refractivity contribution is -0.124. The molecule has 0 saturated heterocycles. The fourth-order valence-electron chi connectivity index (χ4n) is 2.46. The molecule has 0 aliphatic carbocycles. The van der Waals surface area contributed by atoms with E-state index in [2.05, 4.69) is 15.5 Å². The zero-order valence-corrected chi connectivity index (χ0v) is 15.2. The van der Waals surface area contributed by atoms with Gasteiger partial charge in [0.2, 0.25) is 5.91 Å². The number of carbonyl (C=O) groups excluding carboxylic acids is 1. The van der Waals surface area contributed by atoms with Gasteiger partial charge in [-0.05, 0) is 38.1 Å². The third-order valence-electron chi connectivity index (χ3n) is 3.99. The van der Waals surface area contributed by atoms with Crippen LogP contribution in [0, 0.1) is 6.92 Å². The zero-order valence-electron chi connectivity index (χ0n) is 15.2. The quantitative estimate of drug-likeness (QED) is 0.639. The summed E-state index contributed by atoms with van der Waals surface area (Å²) in [6.45, 7) is 4.28. The fourth-order valence-corrected chi connectivity index (χ4v) is 2.46. The van der Waals surface area contributed by atoms with E-state index in [0.29, 0.717) is 19.0 Å². The van der Waals surface area contributed by atoms with Crippen LogP contribution < -0.4 is 15.6 Å². The third kappa shape index (κ3) is 4.60. The maximum Gasteiger partial charge on any atom is 0.267 e. The van der Waals surface area contributed by atoms with E-state index >= 15 is 0 Å². The molecule has 1 unspecified atom stereocenters. The van der Waals surface area contributed by atoms with Crippen LogP contribution in [0.25, 0.3) is 5.82 Å². The molecule has 1 N–H and O–H groups in total. The van der Waals surface area contributed by atoms with Crippen molar-refractivity contribution < 1.29 is 9.53 Å². The van der Waals surface area contributed by atoms with E-state index in [1.807, 2.05) is 31.2 Å². The van der Waals surface area contributed by atoms with Crippen molar-refractivity contribution in [1.29, 1.82) is 0 Å². The molecular weight excluding hydrogens is 346 g/mol. The lowest BCUT2D eigenvalue weighted by atomic mass is 10.2. The Morgan fingerprint density at radius 2 is 2.00 bits per heavy atom. The Hall–Kier alpha value is -3.42. The van der Waals surface area contributed by atoms with Gasteiger partial charge < -0.3 is 10.1 Å². The van der Waals surface area contributed by atoms with Crippen molar-refractivity contribution in [1.82, 2.24) is 24.9 Å². The number of rotatable bonds is 7. The minimum absolute atomic E-state index is 0.310. The van der Waals surface area contributed by atoms with Gasteiger partial charge in [-0.1, -0.05) is 17.7 Å². The Kier molecular flexibility index (Phi) is 5.65. The number of ether oxygens (including phenoxy) is 1. The van der Waals surface area contributed by atoms with Crippen molar-refractivity contribution in [2.75, 3.05) is 13.2 Å². The summed E-state index contributed by atoms with van der Waals surface area (Å²) in [4.78, 5) is 24.5. The third-order valence-corrected chi connectivity index (χ3v) is 3.99. The molecule has 0 aliphatic rings. The first-order valence-corrected chi connectivity index (χ1v) is 8.61. The van der Waals surface area contributed by atoms with Crippen molar-refractivity contribution in [3.05, 3.63) is 70.8 Å².